The van der Waals surface area contributed by atoms with Gasteiger partial charge in [-0.05, 0) is 51.3 Å². The number of likely N-dealkylation sites (tertiary alicyclic amines) is 2. The Morgan fingerprint density at radius 3 is 2.28 bits per heavy atom. The first-order chi connectivity index (χ1) is 21.4. The molecule has 4 heterocycles. The number of aromatic nitrogens is 2. The number of alkyl halides is 4. The molecule has 0 radical (unpaired) electrons. The maximum atomic E-state index is 15.9. The summed E-state index contributed by atoms with van der Waals surface area (Å²) in [4.78, 5) is 48.8. The van der Waals surface area contributed by atoms with Crippen molar-refractivity contribution in [3.8, 4) is 0 Å². The van der Waals surface area contributed by atoms with Gasteiger partial charge in [0, 0.05) is 63.9 Å². The van der Waals surface area contributed by atoms with Gasteiger partial charge in [0.05, 0.1) is 18.4 Å². The van der Waals surface area contributed by atoms with Gasteiger partial charge in [-0.25, -0.2) is 22.9 Å². The first-order valence-corrected chi connectivity index (χ1v) is 14.8. The molecule has 2 aromatic heterocycles. The number of nitrogens with one attached hydrogen (secondary N) is 1. The van der Waals surface area contributed by atoms with E-state index in [1.54, 1.807) is 32.9 Å². The number of halogens is 6. The number of amides is 3. The van der Waals surface area contributed by atoms with Gasteiger partial charge in [-0.3, -0.25) is 24.8 Å². The van der Waals surface area contributed by atoms with Crippen LogP contribution in [-0.2, 0) is 27.4 Å². The summed E-state index contributed by atoms with van der Waals surface area (Å²) in [5.41, 5.74) is -2.59. The van der Waals surface area contributed by atoms with Crippen LogP contribution in [0.25, 0.3) is 0 Å². The number of ether oxygens (including phenoxy) is 1. The molecule has 4 rings (SSSR count). The van der Waals surface area contributed by atoms with Gasteiger partial charge in [-0.2, -0.15) is 13.2 Å². The maximum Gasteiger partial charge on any atom is 0.471 e. The lowest BCUT2D eigenvalue weighted by Gasteiger charge is -2.42. The third kappa shape index (κ3) is 9.07. The van der Waals surface area contributed by atoms with E-state index in [0.29, 0.717) is 23.7 Å². The average Bonchev–Trinajstić information content (AvgIpc) is 2.96. The van der Waals surface area contributed by atoms with Crippen LogP contribution in [0.4, 0.5) is 37.0 Å². The fourth-order valence-corrected chi connectivity index (χ4v) is 5.50. The molecule has 0 aliphatic carbocycles. The molecule has 0 atom stereocenters. The molecule has 2 aromatic rings. The Balaban J connectivity index is 1.32. The smallest absolute Gasteiger partial charge is 0.444 e. The monoisotopic (exact) mass is 658 g/mol. The minimum atomic E-state index is -5.26. The molecule has 0 bridgehead atoms. The molecule has 46 heavy (non-hydrogen) atoms. The highest BCUT2D eigenvalue weighted by Crippen LogP contribution is 2.32. The molecule has 3 amide bonds. The molecule has 16 heteroatoms. The van der Waals surface area contributed by atoms with Gasteiger partial charge in [-0.1, -0.05) is 0 Å². The molecular weight excluding hydrogens is 622 g/mol. The second kappa shape index (κ2) is 13.8. The summed E-state index contributed by atoms with van der Waals surface area (Å²) in [5, 5.41) is 2.57. The lowest BCUT2D eigenvalue weighted by Crippen LogP contribution is -2.56. The van der Waals surface area contributed by atoms with E-state index in [4.69, 9.17) is 4.74 Å². The zero-order chi connectivity index (χ0) is 33.9. The second-order valence-electron chi connectivity index (χ2n) is 12.5. The van der Waals surface area contributed by atoms with Gasteiger partial charge in [0.25, 0.3) is 5.91 Å². The van der Waals surface area contributed by atoms with Crippen molar-refractivity contribution in [1.29, 1.82) is 0 Å². The van der Waals surface area contributed by atoms with Crippen LogP contribution >= 0.6 is 0 Å². The molecule has 0 unspecified atom stereocenters. The molecule has 1 N–H and O–H groups in total. The van der Waals surface area contributed by atoms with Crippen molar-refractivity contribution < 1.29 is 45.5 Å². The van der Waals surface area contributed by atoms with Crippen LogP contribution < -0.4 is 5.32 Å². The normalized spacial score (nSPS) is 17.8. The number of carbonyl (C=O) groups is 3. The summed E-state index contributed by atoms with van der Waals surface area (Å²) in [6.45, 7) is 5.05. The maximum absolute atomic E-state index is 15.9. The van der Waals surface area contributed by atoms with E-state index in [0.717, 1.165) is 5.56 Å². The topological polar surface area (TPSA) is 108 Å². The van der Waals surface area contributed by atoms with E-state index in [2.05, 4.69) is 15.3 Å². The molecule has 2 aliphatic rings. The summed E-state index contributed by atoms with van der Waals surface area (Å²) in [6.07, 6.45) is -4.15. The van der Waals surface area contributed by atoms with Gasteiger partial charge in [-0.15, -0.1) is 0 Å². The highest BCUT2D eigenvalue weighted by atomic mass is 19.4. The molecule has 2 saturated heterocycles. The third-order valence-electron chi connectivity index (χ3n) is 7.79. The van der Waals surface area contributed by atoms with E-state index in [9.17, 15) is 36.3 Å². The van der Waals surface area contributed by atoms with Crippen LogP contribution in [0.2, 0.25) is 0 Å². The van der Waals surface area contributed by atoms with Crippen molar-refractivity contribution in [3.05, 3.63) is 53.5 Å². The Labute approximate surface area is 262 Å². The Morgan fingerprint density at radius 1 is 1.04 bits per heavy atom. The summed E-state index contributed by atoms with van der Waals surface area (Å²) in [7, 11) is 0. The van der Waals surface area contributed by atoms with Crippen LogP contribution in [0, 0.1) is 11.6 Å². The highest BCUT2D eigenvalue weighted by molar-refractivity contribution is 5.86. The summed E-state index contributed by atoms with van der Waals surface area (Å²) in [6, 6.07) is 2.85. The molecule has 2 aliphatic heterocycles. The predicted octanol–water partition coefficient (Wildman–Crippen LogP) is 4.99. The summed E-state index contributed by atoms with van der Waals surface area (Å²) >= 11 is 0. The van der Waals surface area contributed by atoms with Crippen LogP contribution in [-0.4, -0.2) is 92.2 Å². The highest BCUT2D eigenvalue weighted by Gasteiger charge is 2.48. The van der Waals surface area contributed by atoms with E-state index in [1.807, 2.05) is 4.90 Å². The zero-order valence-electron chi connectivity index (χ0n) is 25.7. The zero-order valence-corrected chi connectivity index (χ0v) is 25.7. The Hall–Kier alpha value is -3.95. The van der Waals surface area contributed by atoms with E-state index in [1.165, 1.54) is 11.1 Å². The van der Waals surface area contributed by atoms with Gasteiger partial charge in [0.15, 0.2) is 5.67 Å². The van der Waals surface area contributed by atoms with Crippen molar-refractivity contribution in [2.75, 3.05) is 31.5 Å². The Bertz CT molecular complexity index is 1420. The van der Waals surface area contributed by atoms with E-state index in [-0.39, 0.29) is 57.7 Å². The largest absolute Gasteiger partial charge is 0.471 e. The van der Waals surface area contributed by atoms with Crippen molar-refractivity contribution in [3.63, 3.8) is 0 Å². The van der Waals surface area contributed by atoms with Crippen molar-refractivity contribution in [2.45, 2.75) is 83.0 Å². The van der Waals surface area contributed by atoms with Crippen LogP contribution in [0.5, 0.6) is 0 Å². The Kier molecular flexibility index (Phi) is 10.5. The minimum absolute atomic E-state index is 0.0969. The first kappa shape index (κ1) is 34.9. The minimum Gasteiger partial charge on any atom is -0.444 e. The van der Waals surface area contributed by atoms with Crippen LogP contribution in [0.3, 0.4) is 0 Å². The average molecular weight is 659 g/mol. The fraction of sp³-hybridized carbons (Fsp3) is 0.567. The van der Waals surface area contributed by atoms with Crippen LogP contribution in [0.1, 0.15) is 57.7 Å². The summed E-state index contributed by atoms with van der Waals surface area (Å²) < 4.78 is 88.8. The molecule has 252 valence electrons. The number of piperidine rings is 2. The molecule has 0 aromatic carbocycles. The quantitative estimate of drug-likeness (QED) is 0.418. The van der Waals surface area contributed by atoms with E-state index < -0.39 is 65.3 Å². The lowest BCUT2D eigenvalue weighted by atomic mass is 9.90. The number of carbonyl (C=O) groups excluding carboxylic acids is 3. The number of hydrogen-bond acceptors (Lipinski definition) is 7. The molecule has 0 spiro atoms. The molecule has 10 nitrogen and oxygen atoms in total. The number of rotatable bonds is 7. The van der Waals surface area contributed by atoms with Crippen molar-refractivity contribution in [2.24, 2.45) is 0 Å². The van der Waals surface area contributed by atoms with Crippen molar-refractivity contribution >= 4 is 23.7 Å². The third-order valence-corrected chi connectivity index (χ3v) is 7.79. The van der Waals surface area contributed by atoms with Crippen molar-refractivity contribution in [1.82, 2.24) is 24.7 Å². The number of pyridine rings is 2. The number of anilines is 1. The van der Waals surface area contributed by atoms with Gasteiger partial charge in [0.2, 0.25) is 0 Å². The second-order valence-corrected chi connectivity index (χ2v) is 12.5. The standard InChI is InChI=1S/C30H36F6N6O4/c1-28(2,3)46-27(45)39-24-14-19(4-9-37-24)17-40-12-7-29(33,8-13-40)25(43)41-10-5-21(6-11-41)42(26(44)30(34,35)36)18-23-22(32)15-20(31)16-38-23/h4,9,14-16,21H,5-8,10-13,17-18H2,1-3H3,(H,37,39,45). The number of nitrogens with zero attached hydrogens (tertiary/aromatic N) is 5. The molecule has 0 saturated carbocycles. The fourth-order valence-electron chi connectivity index (χ4n) is 5.50. The van der Waals surface area contributed by atoms with Gasteiger partial charge < -0.3 is 14.5 Å². The van der Waals surface area contributed by atoms with Gasteiger partial charge >= 0.3 is 18.2 Å². The SMILES string of the molecule is CC(C)(C)OC(=O)Nc1cc(CN2CCC(F)(C(=O)N3CCC(N(Cc4ncc(F)cc4F)C(=O)C(F)(F)F)CC3)CC2)ccn1. The molecule has 2 fully saturated rings. The Morgan fingerprint density at radius 2 is 1.70 bits per heavy atom. The molecular formula is C30H36F6N6O4. The number of hydrogen-bond donors (Lipinski definition) is 1. The van der Waals surface area contributed by atoms with E-state index >= 15 is 4.39 Å². The van der Waals surface area contributed by atoms with Crippen LogP contribution in [0.15, 0.2) is 30.6 Å². The van der Waals surface area contributed by atoms with Gasteiger partial charge in [0.1, 0.15) is 23.1 Å². The predicted molar refractivity (Wildman–Crippen MR) is 153 cm³/mol. The summed E-state index contributed by atoms with van der Waals surface area (Å²) in [5.74, 6) is -4.90. The first-order valence-electron chi connectivity index (χ1n) is 14.8. The lowest BCUT2D eigenvalue weighted by molar-refractivity contribution is -0.189.